The van der Waals surface area contributed by atoms with Crippen LogP contribution in [-0.2, 0) is 16.1 Å². The number of benzene rings is 3. The van der Waals surface area contributed by atoms with Gasteiger partial charge in [-0.05, 0) is 54.1 Å². The molecule has 4 aromatic rings. The lowest BCUT2D eigenvalue weighted by molar-refractivity contribution is -0.122. The van der Waals surface area contributed by atoms with Crippen molar-refractivity contribution in [2.75, 3.05) is 4.90 Å². The van der Waals surface area contributed by atoms with E-state index < -0.39 is 17.8 Å². The van der Waals surface area contributed by atoms with Gasteiger partial charge in [0, 0.05) is 34.2 Å². The van der Waals surface area contributed by atoms with E-state index in [2.05, 4.69) is 5.32 Å². The average molecular weight is 474 g/mol. The highest BCUT2D eigenvalue weighted by Gasteiger charge is 2.37. The number of anilines is 1. The zero-order valence-corrected chi connectivity index (χ0v) is 18.4. The largest absolute Gasteiger partial charge is 0.342 e. The minimum absolute atomic E-state index is 0.167. The summed E-state index contributed by atoms with van der Waals surface area (Å²) in [5, 5.41) is 3.51. The van der Waals surface area contributed by atoms with Gasteiger partial charge in [0.2, 0.25) is 0 Å². The Balaban J connectivity index is 1.56. The predicted molar refractivity (Wildman–Crippen MR) is 128 cm³/mol. The summed E-state index contributed by atoms with van der Waals surface area (Å²) in [5.41, 5.74) is 2.55. The fourth-order valence-electron chi connectivity index (χ4n) is 3.95. The molecule has 0 unspecified atom stereocenters. The van der Waals surface area contributed by atoms with Crippen LogP contribution in [-0.4, -0.2) is 22.4 Å². The minimum atomic E-state index is -0.826. The maximum absolute atomic E-state index is 13.3. The number of aromatic nitrogens is 1. The molecule has 0 bridgehead atoms. The first-order valence-corrected chi connectivity index (χ1v) is 10.8. The Labute approximate surface area is 198 Å². The summed E-state index contributed by atoms with van der Waals surface area (Å²) in [5.74, 6) is -1.81. The van der Waals surface area contributed by atoms with E-state index in [1.165, 1.54) is 30.3 Å². The lowest BCUT2D eigenvalue weighted by Gasteiger charge is -2.26. The molecule has 2 heterocycles. The standard InChI is InChI=1S/C26H17ClFN3O3/c27-18-7-11-20(12-8-18)31-25(33)22(24(32)29-26(31)34)13-17-15-30(23-4-2-1-3-21(17)23)14-16-5-9-19(28)10-6-16/h1-13,15H,14H2,(H,29,32,34)/b22-13+. The molecule has 0 saturated carbocycles. The number of carbonyl (C=O) groups excluding carboxylic acids is 3. The van der Waals surface area contributed by atoms with Crippen molar-refractivity contribution in [2.45, 2.75) is 6.54 Å². The first-order chi connectivity index (χ1) is 16.4. The molecule has 8 heteroatoms. The molecule has 34 heavy (non-hydrogen) atoms. The van der Waals surface area contributed by atoms with Crippen LogP contribution in [0.25, 0.3) is 17.0 Å². The quantitative estimate of drug-likeness (QED) is 0.329. The van der Waals surface area contributed by atoms with Crippen LogP contribution in [0.15, 0.2) is 84.6 Å². The molecule has 6 nitrogen and oxygen atoms in total. The van der Waals surface area contributed by atoms with Gasteiger partial charge >= 0.3 is 6.03 Å². The average Bonchev–Trinajstić information content (AvgIpc) is 3.16. The zero-order chi connectivity index (χ0) is 23.8. The van der Waals surface area contributed by atoms with Crippen molar-refractivity contribution in [3.8, 4) is 0 Å². The fourth-order valence-corrected chi connectivity index (χ4v) is 4.07. The molecule has 0 radical (unpaired) electrons. The lowest BCUT2D eigenvalue weighted by atomic mass is 10.1. The molecule has 1 saturated heterocycles. The van der Waals surface area contributed by atoms with Crippen LogP contribution in [0.5, 0.6) is 0 Å². The molecule has 1 aromatic heterocycles. The van der Waals surface area contributed by atoms with Crippen molar-refractivity contribution >= 4 is 52.1 Å². The van der Waals surface area contributed by atoms with Gasteiger partial charge in [0.25, 0.3) is 11.8 Å². The van der Waals surface area contributed by atoms with Crippen molar-refractivity contribution in [3.05, 3.63) is 107 Å². The third-order valence-electron chi connectivity index (χ3n) is 5.57. The van der Waals surface area contributed by atoms with Gasteiger partial charge in [0.1, 0.15) is 11.4 Å². The van der Waals surface area contributed by atoms with Gasteiger partial charge in [-0.1, -0.05) is 41.9 Å². The second-order valence-electron chi connectivity index (χ2n) is 7.79. The molecular formula is C26H17ClFN3O3. The van der Waals surface area contributed by atoms with Gasteiger partial charge in [-0.2, -0.15) is 0 Å². The Morgan fingerprint density at radius 3 is 2.35 bits per heavy atom. The maximum atomic E-state index is 13.3. The number of nitrogens with zero attached hydrogens (tertiary/aromatic N) is 2. The van der Waals surface area contributed by atoms with E-state index in [9.17, 15) is 18.8 Å². The second kappa shape index (κ2) is 8.61. The van der Waals surface area contributed by atoms with E-state index >= 15 is 0 Å². The number of carbonyl (C=O) groups is 3. The van der Waals surface area contributed by atoms with Crippen molar-refractivity contribution in [1.82, 2.24) is 9.88 Å². The molecule has 1 N–H and O–H groups in total. The van der Waals surface area contributed by atoms with Gasteiger partial charge in [-0.15, -0.1) is 0 Å². The number of imide groups is 2. The number of hydrogen-bond acceptors (Lipinski definition) is 3. The number of barbiturate groups is 1. The molecule has 0 atom stereocenters. The van der Waals surface area contributed by atoms with Gasteiger partial charge in [0.15, 0.2) is 0 Å². The van der Waals surface area contributed by atoms with Crippen LogP contribution < -0.4 is 10.2 Å². The number of urea groups is 1. The summed E-state index contributed by atoms with van der Waals surface area (Å²) in [6.07, 6.45) is 3.31. The van der Waals surface area contributed by atoms with E-state index in [1.807, 2.05) is 35.0 Å². The summed E-state index contributed by atoms with van der Waals surface area (Å²) in [7, 11) is 0. The second-order valence-corrected chi connectivity index (χ2v) is 8.23. The van der Waals surface area contributed by atoms with Crippen LogP contribution in [0.2, 0.25) is 5.02 Å². The highest BCUT2D eigenvalue weighted by molar-refractivity contribution is 6.39. The molecule has 5 rings (SSSR count). The zero-order valence-electron chi connectivity index (χ0n) is 17.7. The molecular weight excluding hydrogens is 457 g/mol. The summed E-state index contributed by atoms with van der Waals surface area (Å²) >= 11 is 5.92. The molecule has 1 fully saturated rings. The molecule has 168 valence electrons. The molecule has 4 amide bonds. The van der Waals surface area contributed by atoms with Gasteiger partial charge in [-0.25, -0.2) is 14.1 Å². The maximum Gasteiger partial charge on any atom is 0.335 e. The summed E-state index contributed by atoms with van der Waals surface area (Å²) in [4.78, 5) is 39.1. The fraction of sp³-hybridized carbons (Fsp3) is 0.0385. The number of rotatable bonds is 4. The SMILES string of the molecule is O=C1NC(=O)N(c2ccc(Cl)cc2)C(=O)/C1=C/c1cn(Cc2ccc(F)cc2)c2ccccc12. The van der Waals surface area contributed by atoms with E-state index in [0.717, 1.165) is 21.4 Å². The summed E-state index contributed by atoms with van der Waals surface area (Å²) < 4.78 is 15.3. The number of hydrogen-bond donors (Lipinski definition) is 1. The van der Waals surface area contributed by atoms with Crippen LogP contribution >= 0.6 is 11.6 Å². The van der Waals surface area contributed by atoms with E-state index in [4.69, 9.17) is 11.6 Å². The summed E-state index contributed by atoms with van der Waals surface area (Å²) in [6, 6.07) is 19.1. The summed E-state index contributed by atoms with van der Waals surface area (Å²) in [6.45, 7) is 0.472. The minimum Gasteiger partial charge on any atom is -0.342 e. The Kier molecular flexibility index (Phi) is 5.47. The van der Waals surface area contributed by atoms with Crippen LogP contribution in [0.1, 0.15) is 11.1 Å². The molecule has 1 aliphatic rings. The number of nitrogens with one attached hydrogen (secondary N) is 1. The van der Waals surface area contributed by atoms with E-state index in [1.54, 1.807) is 24.3 Å². The van der Waals surface area contributed by atoms with Gasteiger partial charge < -0.3 is 4.57 Å². The van der Waals surface area contributed by atoms with E-state index in [-0.39, 0.29) is 11.4 Å². The Hall–Kier alpha value is -4.23. The normalized spacial score (nSPS) is 15.3. The topological polar surface area (TPSA) is 71.4 Å². The van der Waals surface area contributed by atoms with Crippen LogP contribution in [0.3, 0.4) is 0 Å². The first kappa shape index (κ1) is 21.6. The Morgan fingerprint density at radius 1 is 0.912 bits per heavy atom. The van der Waals surface area contributed by atoms with Crippen molar-refractivity contribution in [1.29, 1.82) is 0 Å². The predicted octanol–water partition coefficient (Wildman–Crippen LogP) is 5.15. The number of para-hydroxylation sites is 1. The third-order valence-corrected chi connectivity index (χ3v) is 5.82. The van der Waals surface area contributed by atoms with Gasteiger partial charge in [-0.3, -0.25) is 14.9 Å². The number of fused-ring (bicyclic) bond motifs is 1. The van der Waals surface area contributed by atoms with Crippen molar-refractivity contribution in [2.24, 2.45) is 0 Å². The highest BCUT2D eigenvalue weighted by atomic mass is 35.5. The van der Waals surface area contributed by atoms with Gasteiger partial charge in [0.05, 0.1) is 5.69 Å². The van der Waals surface area contributed by atoms with Crippen molar-refractivity contribution in [3.63, 3.8) is 0 Å². The number of halogens is 2. The van der Waals surface area contributed by atoms with E-state index in [0.29, 0.717) is 22.8 Å². The van der Waals surface area contributed by atoms with Crippen LogP contribution in [0.4, 0.5) is 14.9 Å². The monoisotopic (exact) mass is 473 g/mol. The molecule has 3 aromatic carbocycles. The smallest absolute Gasteiger partial charge is 0.335 e. The number of amides is 4. The third kappa shape index (κ3) is 3.97. The molecule has 0 spiro atoms. The molecule has 0 aliphatic carbocycles. The Bertz CT molecular complexity index is 1470. The lowest BCUT2D eigenvalue weighted by Crippen LogP contribution is -2.54. The Morgan fingerprint density at radius 2 is 1.62 bits per heavy atom. The first-order valence-electron chi connectivity index (χ1n) is 10.4. The molecule has 1 aliphatic heterocycles. The van der Waals surface area contributed by atoms with Crippen molar-refractivity contribution < 1.29 is 18.8 Å². The van der Waals surface area contributed by atoms with Crippen LogP contribution in [0, 0.1) is 5.82 Å². The highest BCUT2D eigenvalue weighted by Crippen LogP contribution is 2.27.